The summed E-state index contributed by atoms with van der Waals surface area (Å²) in [5, 5.41) is 10.1. The molecule has 1 nitrogen and oxygen atoms in total. The van der Waals surface area contributed by atoms with Crippen molar-refractivity contribution >= 4 is 80.9 Å². The average Bonchev–Trinajstić information content (AvgIpc) is 3.48. The number of benzene rings is 8. The van der Waals surface area contributed by atoms with E-state index in [0.29, 0.717) is 0 Å². The van der Waals surface area contributed by atoms with E-state index in [-0.39, 0.29) is 0 Å². The van der Waals surface area contributed by atoms with E-state index in [0.717, 1.165) is 5.69 Å². The molecule has 0 saturated heterocycles. The van der Waals surface area contributed by atoms with Gasteiger partial charge in [0.1, 0.15) is 0 Å². The summed E-state index contributed by atoms with van der Waals surface area (Å²) in [5.74, 6) is 0. The Morgan fingerprint density at radius 2 is 1.02 bits per heavy atom. The van der Waals surface area contributed by atoms with E-state index in [1.54, 1.807) is 0 Å². The van der Waals surface area contributed by atoms with Crippen molar-refractivity contribution in [3.8, 4) is 11.1 Å². The summed E-state index contributed by atoms with van der Waals surface area (Å²) in [6.07, 6.45) is 0. The fraction of sp³-hybridized carbons (Fsp3) is 0. The first-order chi connectivity index (χ1) is 21.8. The number of hydrogen-bond donors (Lipinski definition) is 0. The number of anilines is 3. The Kier molecular flexibility index (Phi) is 5.75. The van der Waals surface area contributed by atoms with Crippen molar-refractivity contribution in [2.24, 2.45) is 0 Å². The Morgan fingerprint density at radius 3 is 1.91 bits per heavy atom. The molecule has 0 saturated carbocycles. The first-order valence-electron chi connectivity index (χ1n) is 15.0. The van der Waals surface area contributed by atoms with Crippen molar-refractivity contribution in [1.82, 2.24) is 0 Å². The Hall–Kier alpha value is -5.44. The highest BCUT2D eigenvalue weighted by molar-refractivity contribution is 7.26. The predicted octanol–water partition coefficient (Wildman–Crippen LogP) is 12.7. The van der Waals surface area contributed by atoms with Gasteiger partial charge in [0, 0.05) is 31.2 Å². The molecule has 44 heavy (non-hydrogen) atoms. The monoisotopic (exact) mass is 577 g/mol. The van der Waals surface area contributed by atoms with Gasteiger partial charge in [-0.3, -0.25) is 0 Å². The van der Waals surface area contributed by atoms with E-state index < -0.39 is 0 Å². The van der Waals surface area contributed by atoms with Crippen LogP contribution in [0.25, 0.3) is 63.6 Å². The maximum absolute atomic E-state index is 2.49. The summed E-state index contributed by atoms with van der Waals surface area (Å²) in [5.41, 5.74) is 5.92. The zero-order valence-corrected chi connectivity index (χ0v) is 24.8. The van der Waals surface area contributed by atoms with Gasteiger partial charge < -0.3 is 4.90 Å². The fourth-order valence-electron chi connectivity index (χ4n) is 6.76. The van der Waals surface area contributed by atoms with Gasteiger partial charge in [0.15, 0.2) is 0 Å². The summed E-state index contributed by atoms with van der Waals surface area (Å²) >= 11 is 1.86. The fourth-order valence-corrected chi connectivity index (χ4v) is 7.89. The molecule has 0 unspecified atom stereocenters. The lowest BCUT2D eigenvalue weighted by Gasteiger charge is -2.29. The molecular formula is C42H27NS. The Bertz CT molecular complexity index is 2520. The molecule has 206 valence electrons. The largest absolute Gasteiger partial charge is 0.309 e. The highest BCUT2D eigenvalue weighted by Gasteiger charge is 2.21. The Morgan fingerprint density at radius 1 is 0.364 bits per heavy atom. The minimum absolute atomic E-state index is 1.14. The van der Waals surface area contributed by atoms with Crippen LogP contribution in [0.15, 0.2) is 164 Å². The highest BCUT2D eigenvalue weighted by Crippen LogP contribution is 2.48. The number of rotatable bonds is 4. The number of nitrogens with zero attached hydrogens (tertiary/aromatic N) is 1. The zero-order valence-electron chi connectivity index (χ0n) is 23.9. The lowest BCUT2D eigenvalue weighted by molar-refractivity contribution is 1.32. The topological polar surface area (TPSA) is 3.24 Å². The normalized spacial score (nSPS) is 11.6. The molecule has 1 heterocycles. The van der Waals surface area contributed by atoms with E-state index in [1.807, 2.05) is 11.3 Å². The standard InChI is InChI=1S/C42H27NS/c1-2-12-29-25-31(24-23-28(29)11-1)30-14-9-15-33(26-30)43(38-20-10-22-41-42(38)37-19-7-8-21-40(37)44-41)39-27-32-13-3-4-16-34(32)35-17-5-6-18-36(35)39/h1-27H. The third kappa shape index (κ3) is 4.00. The van der Waals surface area contributed by atoms with Crippen molar-refractivity contribution in [3.05, 3.63) is 164 Å². The maximum atomic E-state index is 2.49. The van der Waals surface area contributed by atoms with Gasteiger partial charge in [0.05, 0.1) is 11.4 Å². The second kappa shape index (κ2) is 10.1. The van der Waals surface area contributed by atoms with Crippen LogP contribution in [0.2, 0.25) is 0 Å². The molecule has 0 aliphatic heterocycles. The van der Waals surface area contributed by atoms with Gasteiger partial charge >= 0.3 is 0 Å². The first-order valence-corrected chi connectivity index (χ1v) is 15.8. The van der Waals surface area contributed by atoms with Crippen molar-refractivity contribution in [1.29, 1.82) is 0 Å². The summed E-state index contributed by atoms with van der Waals surface area (Å²) in [4.78, 5) is 2.49. The summed E-state index contributed by atoms with van der Waals surface area (Å²) in [6.45, 7) is 0. The van der Waals surface area contributed by atoms with Crippen molar-refractivity contribution in [2.75, 3.05) is 4.90 Å². The van der Waals surface area contributed by atoms with E-state index in [1.165, 1.54) is 75.0 Å². The SMILES string of the molecule is c1cc(-c2ccc3ccccc3c2)cc(N(c2cc3ccccc3c3ccccc23)c2cccc3sc4ccccc4c23)c1. The second-order valence-electron chi connectivity index (χ2n) is 11.4. The molecule has 0 bridgehead atoms. The smallest absolute Gasteiger partial charge is 0.0555 e. The van der Waals surface area contributed by atoms with Gasteiger partial charge in [-0.1, -0.05) is 121 Å². The van der Waals surface area contributed by atoms with Crippen LogP contribution in [0, 0.1) is 0 Å². The van der Waals surface area contributed by atoms with Crippen LogP contribution >= 0.6 is 11.3 Å². The molecule has 2 heteroatoms. The van der Waals surface area contributed by atoms with Gasteiger partial charge in [0.2, 0.25) is 0 Å². The van der Waals surface area contributed by atoms with Gasteiger partial charge in [0.25, 0.3) is 0 Å². The molecule has 9 rings (SSSR count). The molecule has 0 fully saturated rings. The molecule has 0 radical (unpaired) electrons. The molecule has 0 N–H and O–H groups in total. The number of thiophene rings is 1. The van der Waals surface area contributed by atoms with Crippen LogP contribution in [0.4, 0.5) is 17.1 Å². The molecule has 0 atom stereocenters. The van der Waals surface area contributed by atoms with Crippen molar-refractivity contribution in [3.63, 3.8) is 0 Å². The van der Waals surface area contributed by atoms with Crippen LogP contribution in [0.3, 0.4) is 0 Å². The number of hydrogen-bond acceptors (Lipinski definition) is 2. The molecule has 0 aliphatic rings. The van der Waals surface area contributed by atoms with Gasteiger partial charge in [-0.25, -0.2) is 0 Å². The van der Waals surface area contributed by atoms with Crippen LogP contribution in [-0.2, 0) is 0 Å². The lowest BCUT2D eigenvalue weighted by atomic mass is 9.97. The molecular weight excluding hydrogens is 551 g/mol. The van der Waals surface area contributed by atoms with Crippen LogP contribution in [-0.4, -0.2) is 0 Å². The Labute approximate surface area is 259 Å². The van der Waals surface area contributed by atoms with Crippen LogP contribution in [0.1, 0.15) is 0 Å². The third-order valence-corrected chi connectivity index (χ3v) is 9.93. The van der Waals surface area contributed by atoms with E-state index in [4.69, 9.17) is 0 Å². The van der Waals surface area contributed by atoms with Crippen LogP contribution in [0.5, 0.6) is 0 Å². The molecule has 0 spiro atoms. The molecule has 1 aromatic heterocycles. The number of fused-ring (bicyclic) bond motifs is 7. The average molecular weight is 578 g/mol. The molecule has 9 aromatic rings. The van der Waals surface area contributed by atoms with Crippen molar-refractivity contribution < 1.29 is 0 Å². The zero-order chi connectivity index (χ0) is 29.0. The van der Waals surface area contributed by atoms with Gasteiger partial charge in [-0.15, -0.1) is 11.3 Å². The summed E-state index contributed by atoms with van der Waals surface area (Å²) in [7, 11) is 0. The quantitative estimate of drug-likeness (QED) is 0.188. The first kappa shape index (κ1) is 25.1. The van der Waals surface area contributed by atoms with Gasteiger partial charge in [-0.05, 0) is 80.5 Å². The summed E-state index contributed by atoms with van der Waals surface area (Å²) in [6, 6.07) is 59.9. The summed E-state index contributed by atoms with van der Waals surface area (Å²) < 4.78 is 2.60. The Balaban J connectivity index is 1.36. The second-order valence-corrected chi connectivity index (χ2v) is 12.4. The lowest BCUT2D eigenvalue weighted by Crippen LogP contribution is -2.11. The van der Waals surface area contributed by atoms with Crippen molar-refractivity contribution in [2.45, 2.75) is 0 Å². The maximum Gasteiger partial charge on any atom is 0.0555 e. The van der Waals surface area contributed by atoms with Crippen LogP contribution < -0.4 is 4.90 Å². The minimum atomic E-state index is 1.14. The third-order valence-electron chi connectivity index (χ3n) is 8.80. The van der Waals surface area contributed by atoms with E-state index >= 15 is 0 Å². The molecule has 0 amide bonds. The van der Waals surface area contributed by atoms with E-state index in [9.17, 15) is 0 Å². The highest BCUT2D eigenvalue weighted by atomic mass is 32.1. The predicted molar refractivity (Wildman–Crippen MR) is 192 cm³/mol. The minimum Gasteiger partial charge on any atom is -0.309 e. The molecule has 8 aromatic carbocycles. The van der Waals surface area contributed by atoms with Gasteiger partial charge in [-0.2, -0.15) is 0 Å². The van der Waals surface area contributed by atoms with E-state index in [2.05, 4.69) is 169 Å². The molecule has 0 aliphatic carbocycles.